The minimum absolute atomic E-state index is 0.0692. The first-order valence-electron chi connectivity index (χ1n) is 5.03. The highest BCUT2D eigenvalue weighted by Gasteiger charge is 2.11. The monoisotopic (exact) mass is 250 g/mol. The van der Waals surface area contributed by atoms with E-state index in [-0.39, 0.29) is 12.2 Å². The van der Waals surface area contributed by atoms with Crippen LogP contribution in [0.3, 0.4) is 0 Å². The van der Waals surface area contributed by atoms with Crippen molar-refractivity contribution in [2.45, 2.75) is 13.1 Å². The van der Waals surface area contributed by atoms with Crippen LogP contribution in [0, 0.1) is 0 Å². The van der Waals surface area contributed by atoms with Gasteiger partial charge in [-0.3, -0.25) is 14.7 Å². The number of H-pyrrole nitrogens is 1. The van der Waals surface area contributed by atoms with E-state index in [9.17, 15) is 9.59 Å². The Labute approximate surface area is 101 Å². The molecule has 0 fully saturated rings. The number of hydrogen-bond donors (Lipinski definition) is 3. The molecule has 3 N–H and O–H groups in total. The first-order valence-corrected chi connectivity index (χ1v) is 5.03. The Morgan fingerprint density at radius 2 is 2.33 bits per heavy atom. The Morgan fingerprint density at radius 1 is 1.50 bits per heavy atom. The summed E-state index contributed by atoms with van der Waals surface area (Å²) in [6, 6.07) is 0. The molecule has 0 aromatic carbocycles. The predicted molar refractivity (Wildman–Crippen MR) is 57.4 cm³/mol. The summed E-state index contributed by atoms with van der Waals surface area (Å²) in [5.74, 6) is -1.47. The molecule has 0 bridgehead atoms. The van der Waals surface area contributed by atoms with Gasteiger partial charge in [-0.05, 0) is 0 Å². The number of aromatic amines is 1. The summed E-state index contributed by atoms with van der Waals surface area (Å²) in [5, 5.41) is 24.6. The second kappa shape index (κ2) is 5.08. The molecule has 0 unspecified atom stereocenters. The Morgan fingerprint density at radius 3 is 3.00 bits per heavy atom. The van der Waals surface area contributed by atoms with Crippen molar-refractivity contribution in [3.05, 3.63) is 29.8 Å². The molecule has 0 spiro atoms. The number of carbonyl (C=O) groups excluding carboxylic acids is 1. The summed E-state index contributed by atoms with van der Waals surface area (Å²) < 4.78 is 1.08. The van der Waals surface area contributed by atoms with Crippen LogP contribution in [0.25, 0.3) is 0 Å². The lowest BCUT2D eigenvalue weighted by atomic mass is 10.3. The van der Waals surface area contributed by atoms with Gasteiger partial charge in [0.15, 0.2) is 5.69 Å². The van der Waals surface area contributed by atoms with Gasteiger partial charge in [0.25, 0.3) is 5.91 Å². The molecule has 2 heterocycles. The Hall–Kier alpha value is -2.71. The molecule has 9 heteroatoms. The fourth-order valence-corrected chi connectivity index (χ4v) is 1.27. The smallest absolute Gasteiger partial charge is 0.325 e. The number of carboxylic acids is 1. The summed E-state index contributed by atoms with van der Waals surface area (Å²) >= 11 is 0. The van der Waals surface area contributed by atoms with E-state index in [0.717, 1.165) is 10.2 Å². The van der Waals surface area contributed by atoms with Crippen molar-refractivity contribution in [1.82, 2.24) is 30.5 Å². The molecule has 2 aromatic rings. The van der Waals surface area contributed by atoms with Gasteiger partial charge in [-0.2, -0.15) is 5.10 Å². The van der Waals surface area contributed by atoms with E-state index in [2.05, 4.69) is 25.8 Å². The summed E-state index contributed by atoms with van der Waals surface area (Å²) in [7, 11) is 0. The Balaban J connectivity index is 1.92. The summed E-state index contributed by atoms with van der Waals surface area (Å²) in [5.41, 5.74) is 0.890. The van der Waals surface area contributed by atoms with Crippen LogP contribution >= 0.6 is 0 Å². The average molecular weight is 250 g/mol. The maximum atomic E-state index is 11.6. The Bertz CT molecular complexity index is 546. The zero-order valence-corrected chi connectivity index (χ0v) is 9.20. The molecule has 2 aromatic heterocycles. The molecule has 94 valence electrons. The Kier molecular flexibility index (Phi) is 3.32. The van der Waals surface area contributed by atoms with Gasteiger partial charge >= 0.3 is 5.97 Å². The van der Waals surface area contributed by atoms with Crippen molar-refractivity contribution >= 4 is 11.9 Å². The molecule has 0 radical (unpaired) electrons. The van der Waals surface area contributed by atoms with Crippen LogP contribution in [0.5, 0.6) is 0 Å². The SMILES string of the molecule is O=C(O)Cn1cc(C(=O)NCc2cn[nH]c2)nn1. The highest BCUT2D eigenvalue weighted by Crippen LogP contribution is 1.96. The van der Waals surface area contributed by atoms with E-state index in [1.807, 2.05) is 0 Å². The zero-order chi connectivity index (χ0) is 13.0. The van der Waals surface area contributed by atoms with Gasteiger partial charge in [0.2, 0.25) is 0 Å². The molecule has 0 aliphatic carbocycles. The van der Waals surface area contributed by atoms with Gasteiger partial charge in [0, 0.05) is 18.3 Å². The zero-order valence-electron chi connectivity index (χ0n) is 9.20. The first-order chi connectivity index (χ1) is 8.65. The topological polar surface area (TPSA) is 126 Å². The molecule has 1 amide bonds. The molecule has 0 saturated carbocycles. The second-order valence-corrected chi connectivity index (χ2v) is 3.48. The van der Waals surface area contributed by atoms with Gasteiger partial charge in [0.05, 0.1) is 12.4 Å². The van der Waals surface area contributed by atoms with Gasteiger partial charge in [-0.1, -0.05) is 5.21 Å². The fourth-order valence-electron chi connectivity index (χ4n) is 1.27. The largest absolute Gasteiger partial charge is 0.480 e. The average Bonchev–Trinajstić information content (AvgIpc) is 2.95. The number of aromatic nitrogens is 5. The van der Waals surface area contributed by atoms with Crippen molar-refractivity contribution in [2.75, 3.05) is 0 Å². The van der Waals surface area contributed by atoms with Gasteiger partial charge in [0.1, 0.15) is 6.54 Å². The van der Waals surface area contributed by atoms with E-state index in [1.165, 1.54) is 6.20 Å². The van der Waals surface area contributed by atoms with Crippen LogP contribution in [0.2, 0.25) is 0 Å². The number of aliphatic carboxylic acids is 1. The van der Waals surface area contributed by atoms with Gasteiger partial charge in [-0.25, -0.2) is 4.68 Å². The quantitative estimate of drug-likeness (QED) is 0.625. The molecule has 0 aliphatic heterocycles. The molecule has 9 nitrogen and oxygen atoms in total. The summed E-state index contributed by atoms with van der Waals surface area (Å²) in [4.78, 5) is 22.1. The number of rotatable bonds is 5. The lowest BCUT2D eigenvalue weighted by molar-refractivity contribution is -0.137. The van der Waals surface area contributed by atoms with Crippen LogP contribution in [0.1, 0.15) is 16.1 Å². The van der Waals surface area contributed by atoms with Crippen molar-refractivity contribution < 1.29 is 14.7 Å². The maximum Gasteiger partial charge on any atom is 0.325 e. The highest BCUT2D eigenvalue weighted by atomic mass is 16.4. The van der Waals surface area contributed by atoms with Crippen molar-refractivity contribution in [1.29, 1.82) is 0 Å². The lowest BCUT2D eigenvalue weighted by Gasteiger charge is -1.99. The fraction of sp³-hybridized carbons (Fsp3) is 0.222. The molecule has 2 rings (SSSR count). The van der Waals surface area contributed by atoms with Gasteiger partial charge < -0.3 is 10.4 Å². The number of carbonyl (C=O) groups is 2. The highest BCUT2D eigenvalue weighted by molar-refractivity contribution is 5.91. The third kappa shape index (κ3) is 2.90. The van der Waals surface area contributed by atoms with Crippen LogP contribution in [0.15, 0.2) is 18.6 Å². The third-order valence-electron chi connectivity index (χ3n) is 2.08. The maximum absolute atomic E-state index is 11.6. The number of hydrogen-bond acceptors (Lipinski definition) is 5. The van der Waals surface area contributed by atoms with E-state index in [1.54, 1.807) is 12.4 Å². The van der Waals surface area contributed by atoms with E-state index in [4.69, 9.17) is 5.11 Å². The van der Waals surface area contributed by atoms with Crippen LogP contribution in [0.4, 0.5) is 0 Å². The van der Waals surface area contributed by atoms with Crippen LogP contribution < -0.4 is 5.32 Å². The number of carboxylic acid groups (broad SMARTS) is 1. The van der Waals surface area contributed by atoms with Crippen molar-refractivity contribution in [3.63, 3.8) is 0 Å². The minimum atomic E-state index is -1.05. The van der Waals surface area contributed by atoms with Crippen LogP contribution in [-0.4, -0.2) is 42.2 Å². The minimum Gasteiger partial charge on any atom is -0.480 e. The van der Waals surface area contributed by atoms with Crippen molar-refractivity contribution in [3.8, 4) is 0 Å². The van der Waals surface area contributed by atoms with E-state index < -0.39 is 11.9 Å². The summed E-state index contributed by atoms with van der Waals surface area (Å²) in [6.45, 7) is -0.0247. The third-order valence-corrected chi connectivity index (χ3v) is 2.08. The van der Waals surface area contributed by atoms with E-state index >= 15 is 0 Å². The number of nitrogens with zero attached hydrogens (tertiary/aromatic N) is 4. The molecule has 18 heavy (non-hydrogen) atoms. The normalized spacial score (nSPS) is 10.2. The second-order valence-electron chi connectivity index (χ2n) is 3.48. The number of nitrogens with one attached hydrogen (secondary N) is 2. The lowest BCUT2D eigenvalue weighted by Crippen LogP contribution is -2.23. The standard InChI is InChI=1S/C9H10N6O3/c16-8(17)5-15-4-7(13-14-15)9(18)10-1-6-2-11-12-3-6/h2-4H,1,5H2,(H,10,18)(H,11,12)(H,16,17). The molecular weight excluding hydrogens is 240 g/mol. The molecule has 0 saturated heterocycles. The molecule has 0 atom stereocenters. The molecule has 0 aliphatic rings. The predicted octanol–water partition coefficient (Wildman–Crippen LogP) is -0.984. The van der Waals surface area contributed by atoms with E-state index in [0.29, 0.717) is 6.54 Å². The van der Waals surface area contributed by atoms with Crippen LogP contribution in [-0.2, 0) is 17.9 Å². The first kappa shape index (κ1) is 11.8. The van der Waals surface area contributed by atoms with Gasteiger partial charge in [-0.15, -0.1) is 5.10 Å². The summed E-state index contributed by atoms with van der Waals surface area (Å²) in [6.07, 6.45) is 4.52. The van der Waals surface area contributed by atoms with Crippen molar-refractivity contribution in [2.24, 2.45) is 0 Å². The number of amides is 1. The molecular formula is C9H10N6O3.